The summed E-state index contributed by atoms with van der Waals surface area (Å²) >= 11 is 7.24. The highest BCUT2D eigenvalue weighted by Gasteiger charge is 2.37. The Balaban J connectivity index is 1.94. The minimum Gasteiger partial charge on any atom is -0.342 e. The van der Waals surface area contributed by atoms with Crippen molar-refractivity contribution in [2.24, 2.45) is 0 Å². The van der Waals surface area contributed by atoms with Crippen LogP contribution in [-0.2, 0) is 13.6 Å². The van der Waals surface area contributed by atoms with Crippen LogP contribution in [0.2, 0.25) is 5.02 Å². The molecule has 0 spiro atoms. The number of aryl methyl sites for hydroxylation is 1. The zero-order valence-corrected chi connectivity index (χ0v) is 20.1. The van der Waals surface area contributed by atoms with Crippen LogP contribution >= 0.6 is 30.5 Å². The molecule has 0 amide bonds. The quantitative estimate of drug-likeness (QED) is 0.193. The van der Waals surface area contributed by atoms with Crippen LogP contribution in [0.25, 0.3) is 10.6 Å². The Hall–Kier alpha value is -2.36. The number of benzene rings is 2. The first kappa shape index (κ1) is 24.3. The van der Waals surface area contributed by atoms with Gasteiger partial charge in [0, 0.05) is 22.2 Å². The first-order valence-electron chi connectivity index (χ1n) is 9.77. The van der Waals surface area contributed by atoms with Gasteiger partial charge in [0.05, 0.1) is 18.1 Å². The maximum atomic E-state index is 13.6. The summed E-state index contributed by atoms with van der Waals surface area (Å²) in [4.78, 5) is 10.6. The number of hydrogen-bond donors (Lipinski definition) is 1. The molecule has 1 unspecified atom stereocenters. The number of nitrogens with zero attached hydrogens (tertiary/aromatic N) is 3. The second-order valence-corrected chi connectivity index (χ2v) is 10.2. The Morgan fingerprint density at radius 3 is 2.38 bits per heavy atom. The van der Waals surface area contributed by atoms with Crippen LogP contribution < -0.4 is 5.32 Å². The summed E-state index contributed by atoms with van der Waals surface area (Å²) in [5, 5.41) is 24.0. The fourth-order valence-corrected chi connectivity index (χ4v) is 5.94. The van der Waals surface area contributed by atoms with Crippen molar-refractivity contribution in [2.45, 2.75) is 26.6 Å². The number of anilines is 1. The van der Waals surface area contributed by atoms with Crippen LogP contribution in [0.15, 0.2) is 42.5 Å². The molecule has 3 aromatic rings. The van der Waals surface area contributed by atoms with Crippen molar-refractivity contribution in [3.63, 3.8) is 0 Å². The molecule has 1 heterocycles. The van der Waals surface area contributed by atoms with Gasteiger partial charge in [-0.15, -0.1) is 10.2 Å². The molecule has 0 fully saturated rings. The smallest absolute Gasteiger partial charge is 0.342 e. The topological polar surface area (TPSA) is 116 Å². The normalized spacial score (nSPS) is 12.5. The Morgan fingerprint density at radius 2 is 1.81 bits per heavy atom. The van der Waals surface area contributed by atoms with E-state index in [1.165, 1.54) is 17.4 Å². The molecule has 0 saturated heterocycles. The van der Waals surface area contributed by atoms with Crippen molar-refractivity contribution in [1.82, 2.24) is 10.2 Å². The van der Waals surface area contributed by atoms with Gasteiger partial charge in [0.15, 0.2) is 5.78 Å². The molecule has 9 nitrogen and oxygen atoms in total. The Bertz CT molecular complexity index is 1130. The van der Waals surface area contributed by atoms with Gasteiger partial charge >= 0.3 is 7.60 Å². The molecule has 1 N–H and O–H groups in total. The number of nitro groups is 1. The van der Waals surface area contributed by atoms with E-state index >= 15 is 0 Å². The lowest BCUT2D eigenvalue weighted by Crippen LogP contribution is -2.15. The van der Waals surface area contributed by atoms with Gasteiger partial charge in [-0.3, -0.25) is 14.7 Å². The molecule has 0 radical (unpaired) electrons. The van der Waals surface area contributed by atoms with E-state index in [0.717, 1.165) is 0 Å². The van der Waals surface area contributed by atoms with Crippen LogP contribution in [0.4, 0.5) is 10.8 Å². The van der Waals surface area contributed by atoms with Crippen molar-refractivity contribution in [2.75, 3.05) is 18.5 Å². The minimum absolute atomic E-state index is 0.0359. The van der Waals surface area contributed by atoms with Gasteiger partial charge in [-0.05, 0) is 50.6 Å². The molecule has 0 saturated carbocycles. The fraction of sp³-hybridized carbons (Fsp3) is 0.300. The van der Waals surface area contributed by atoms with Gasteiger partial charge in [-0.25, -0.2) is 0 Å². The van der Waals surface area contributed by atoms with Gasteiger partial charge < -0.3 is 14.4 Å². The molecule has 0 aliphatic carbocycles. The van der Waals surface area contributed by atoms with Crippen molar-refractivity contribution >= 4 is 41.4 Å². The van der Waals surface area contributed by atoms with E-state index in [1.807, 2.05) is 0 Å². The van der Waals surface area contributed by atoms with Crippen molar-refractivity contribution < 1.29 is 18.5 Å². The molecule has 0 aliphatic heterocycles. The first-order chi connectivity index (χ1) is 15.3. The van der Waals surface area contributed by atoms with E-state index in [1.54, 1.807) is 57.2 Å². The van der Waals surface area contributed by atoms with Crippen LogP contribution in [0.3, 0.4) is 0 Å². The Morgan fingerprint density at radius 1 is 1.16 bits per heavy atom. The average molecular weight is 497 g/mol. The standard InChI is InChI=1S/C20H22ClN4O5PS/c1-4-29-31(28,30-5-2)18(14-6-9-16(21)10-7-14)22-20-24-23-19(32-20)15-8-11-17(25(26)27)13(3)12-15/h6-12,18H,4-5H2,1-3H3,(H,22,24). The minimum atomic E-state index is -3.61. The van der Waals surface area contributed by atoms with Gasteiger partial charge in [0.2, 0.25) is 5.13 Å². The summed E-state index contributed by atoms with van der Waals surface area (Å²) in [5.41, 5.74) is 1.91. The molecule has 170 valence electrons. The maximum absolute atomic E-state index is 13.6. The summed E-state index contributed by atoms with van der Waals surface area (Å²) in [6, 6.07) is 11.6. The van der Waals surface area contributed by atoms with Crippen LogP contribution in [-0.4, -0.2) is 28.3 Å². The molecular weight excluding hydrogens is 475 g/mol. The molecule has 1 aromatic heterocycles. The summed E-state index contributed by atoms with van der Waals surface area (Å²) in [7, 11) is -3.61. The molecule has 3 rings (SSSR count). The first-order valence-corrected chi connectivity index (χ1v) is 12.6. The molecule has 0 aliphatic rings. The van der Waals surface area contributed by atoms with E-state index in [0.29, 0.717) is 31.9 Å². The van der Waals surface area contributed by atoms with Crippen molar-refractivity contribution in [1.29, 1.82) is 0 Å². The Kier molecular flexibility index (Phi) is 7.97. The largest absolute Gasteiger partial charge is 0.357 e. The number of nitrogens with one attached hydrogen (secondary N) is 1. The lowest BCUT2D eigenvalue weighted by molar-refractivity contribution is -0.385. The summed E-state index contributed by atoms with van der Waals surface area (Å²) in [6.45, 7) is 5.55. The maximum Gasteiger partial charge on any atom is 0.357 e. The van der Waals surface area contributed by atoms with Crippen molar-refractivity contribution in [3.05, 3.63) is 68.7 Å². The zero-order valence-electron chi connectivity index (χ0n) is 17.6. The number of aromatic nitrogens is 2. The predicted molar refractivity (Wildman–Crippen MR) is 125 cm³/mol. The third-order valence-electron chi connectivity index (χ3n) is 4.45. The summed E-state index contributed by atoms with van der Waals surface area (Å²) < 4.78 is 24.7. The SMILES string of the molecule is CCOP(=O)(OCC)C(Nc1nnc(-c2ccc([N+](=O)[O-])c(C)c2)s1)c1ccc(Cl)cc1. The monoisotopic (exact) mass is 496 g/mol. The number of halogens is 1. The van der Waals surface area contributed by atoms with Gasteiger partial charge in [-0.2, -0.15) is 0 Å². The van der Waals surface area contributed by atoms with Gasteiger partial charge in [0.1, 0.15) is 5.01 Å². The highest BCUT2D eigenvalue weighted by Crippen LogP contribution is 2.61. The molecule has 2 aromatic carbocycles. The third kappa shape index (κ3) is 5.51. The van der Waals surface area contributed by atoms with Gasteiger partial charge in [0.25, 0.3) is 5.69 Å². The predicted octanol–water partition coefficient (Wildman–Crippen LogP) is 6.45. The van der Waals surface area contributed by atoms with E-state index in [4.69, 9.17) is 20.6 Å². The number of nitro benzene ring substituents is 1. The van der Waals surface area contributed by atoms with Crippen molar-refractivity contribution in [3.8, 4) is 10.6 Å². The molecular formula is C20H22ClN4O5PS. The molecule has 0 bridgehead atoms. The second kappa shape index (κ2) is 10.5. The lowest BCUT2D eigenvalue weighted by Gasteiger charge is -2.27. The summed E-state index contributed by atoms with van der Waals surface area (Å²) in [6.07, 6.45) is 0. The fourth-order valence-electron chi connectivity index (χ4n) is 3.04. The van der Waals surface area contributed by atoms with Crippen LogP contribution in [0.5, 0.6) is 0 Å². The lowest BCUT2D eigenvalue weighted by atomic mass is 10.1. The summed E-state index contributed by atoms with van der Waals surface area (Å²) in [5.74, 6) is -0.834. The second-order valence-electron chi connectivity index (χ2n) is 6.64. The van der Waals surface area contributed by atoms with Crippen LogP contribution in [0, 0.1) is 17.0 Å². The van der Waals surface area contributed by atoms with E-state index < -0.39 is 18.3 Å². The van der Waals surface area contributed by atoms with E-state index in [2.05, 4.69) is 15.5 Å². The van der Waals surface area contributed by atoms with E-state index in [9.17, 15) is 14.7 Å². The average Bonchev–Trinajstić information content (AvgIpc) is 3.21. The zero-order chi connectivity index (χ0) is 23.3. The van der Waals surface area contributed by atoms with Gasteiger partial charge in [-0.1, -0.05) is 35.1 Å². The Labute approximate surface area is 194 Å². The number of hydrogen-bond acceptors (Lipinski definition) is 9. The number of rotatable bonds is 10. The third-order valence-corrected chi connectivity index (χ3v) is 7.90. The van der Waals surface area contributed by atoms with Crippen LogP contribution in [0.1, 0.15) is 30.8 Å². The molecule has 1 atom stereocenters. The highest BCUT2D eigenvalue weighted by molar-refractivity contribution is 7.54. The molecule has 32 heavy (non-hydrogen) atoms. The van der Waals surface area contributed by atoms with E-state index in [-0.39, 0.29) is 18.9 Å². The highest BCUT2D eigenvalue weighted by atomic mass is 35.5. The molecule has 12 heteroatoms.